The summed E-state index contributed by atoms with van der Waals surface area (Å²) in [4.78, 5) is 4.48. The molecule has 2 rings (SSSR count). The van der Waals surface area contributed by atoms with Crippen molar-refractivity contribution in [2.75, 3.05) is 52.7 Å². The van der Waals surface area contributed by atoms with E-state index in [4.69, 9.17) is 14.2 Å². The molecule has 0 saturated carbocycles. The van der Waals surface area contributed by atoms with E-state index in [1.807, 2.05) is 6.92 Å². The fourth-order valence-electron chi connectivity index (χ4n) is 2.96. The van der Waals surface area contributed by atoms with Gasteiger partial charge in [-0.1, -0.05) is 6.07 Å². The first-order valence-electron chi connectivity index (χ1n) is 10.5. The van der Waals surface area contributed by atoms with E-state index in [0.717, 1.165) is 51.2 Å². The van der Waals surface area contributed by atoms with Crippen LogP contribution in [0.5, 0.6) is 5.75 Å². The maximum Gasteiger partial charge on any atom is 0.416 e. The van der Waals surface area contributed by atoms with E-state index in [1.165, 1.54) is 12.1 Å². The summed E-state index contributed by atoms with van der Waals surface area (Å²) in [5, 5.41) is 6.25. The maximum atomic E-state index is 12.7. The zero-order valence-electron chi connectivity index (χ0n) is 17.5. The molecule has 1 aliphatic rings. The van der Waals surface area contributed by atoms with Gasteiger partial charge in [0.25, 0.3) is 0 Å². The fraction of sp³-hybridized carbons (Fsp3) is 0.667. The predicted octanol–water partition coefficient (Wildman–Crippen LogP) is 3.47. The van der Waals surface area contributed by atoms with Crippen LogP contribution in [0, 0.1) is 5.92 Å². The van der Waals surface area contributed by atoms with Crippen LogP contribution in [-0.4, -0.2) is 58.6 Å². The molecule has 0 unspecified atom stereocenters. The van der Waals surface area contributed by atoms with Crippen LogP contribution in [0.25, 0.3) is 0 Å². The van der Waals surface area contributed by atoms with Gasteiger partial charge in [-0.05, 0) is 50.3 Å². The van der Waals surface area contributed by atoms with E-state index in [-0.39, 0.29) is 12.4 Å². The second-order valence-electron chi connectivity index (χ2n) is 7.05. The average Bonchev–Trinajstić information content (AvgIpc) is 2.74. The Bertz CT molecular complexity index is 635. The molecule has 1 saturated heterocycles. The third-order valence-electron chi connectivity index (χ3n) is 4.58. The highest BCUT2D eigenvalue weighted by molar-refractivity contribution is 5.79. The number of hydrogen-bond donors (Lipinski definition) is 2. The van der Waals surface area contributed by atoms with Crippen molar-refractivity contribution >= 4 is 5.96 Å². The van der Waals surface area contributed by atoms with E-state index < -0.39 is 11.7 Å². The van der Waals surface area contributed by atoms with Crippen molar-refractivity contribution < 1.29 is 27.4 Å². The molecule has 0 aromatic heterocycles. The Morgan fingerprint density at radius 3 is 2.73 bits per heavy atom. The molecule has 0 bridgehead atoms. The number of nitrogens with zero attached hydrogens (tertiary/aromatic N) is 1. The molecule has 1 aliphatic heterocycles. The standard InChI is InChI=1S/C21H32F3N3O3/c1-2-25-20(26-9-4-11-29-16-17-7-12-28-13-8-17)27-10-14-30-19-6-3-5-18(15-19)21(22,23)24/h3,5-6,15,17H,2,4,7-14,16H2,1H3,(H2,25,26,27). The van der Waals surface area contributed by atoms with Gasteiger partial charge in [0.05, 0.1) is 12.1 Å². The Morgan fingerprint density at radius 1 is 1.20 bits per heavy atom. The number of ether oxygens (including phenoxy) is 3. The van der Waals surface area contributed by atoms with Gasteiger partial charge in [-0.3, -0.25) is 4.99 Å². The van der Waals surface area contributed by atoms with Gasteiger partial charge in [0.15, 0.2) is 5.96 Å². The molecule has 1 heterocycles. The van der Waals surface area contributed by atoms with E-state index >= 15 is 0 Å². The normalized spacial score (nSPS) is 15.8. The molecule has 0 atom stereocenters. The van der Waals surface area contributed by atoms with Crippen molar-refractivity contribution in [1.29, 1.82) is 0 Å². The predicted molar refractivity (Wildman–Crippen MR) is 110 cm³/mol. The summed E-state index contributed by atoms with van der Waals surface area (Å²) in [7, 11) is 0. The first-order valence-corrected chi connectivity index (χ1v) is 10.5. The molecule has 1 aromatic rings. The zero-order valence-corrected chi connectivity index (χ0v) is 17.5. The van der Waals surface area contributed by atoms with Crippen molar-refractivity contribution in [1.82, 2.24) is 10.6 Å². The Balaban J connectivity index is 1.62. The average molecular weight is 431 g/mol. The second kappa shape index (κ2) is 13.3. The van der Waals surface area contributed by atoms with Crippen LogP contribution in [0.15, 0.2) is 29.3 Å². The molecule has 1 fully saturated rings. The van der Waals surface area contributed by atoms with Crippen molar-refractivity contribution in [3.8, 4) is 5.75 Å². The molecule has 6 nitrogen and oxygen atoms in total. The van der Waals surface area contributed by atoms with E-state index in [1.54, 1.807) is 0 Å². The van der Waals surface area contributed by atoms with E-state index in [0.29, 0.717) is 38.1 Å². The number of benzene rings is 1. The summed E-state index contributed by atoms with van der Waals surface area (Å²) in [6.45, 7) is 7.03. The molecule has 1 aromatic carbocycles. The summed E-state index contributed by atoms with van der Waals surface area (Å²) in [6.07, 6.45) is -1.43. The van der Waals surface area contributed by atoms with Crippen LogP contribution < -0.4 is 15.4 Å². The SMILES string of the molecule is CCNC(=NCCCOCC1CCOCC1)NCCOc1cccc(C(F)(F)F)c1. The quantitative estimate of drug-likeness (QED) is 0.319. The highest BCUT2D eigenvalue weighted by atomic mass is 19.4. The summed E-state index contributed by atoms with van der Waals surface area (Å²) >= 11 is 0. The van der Waals surface area contributed by atoms with Gasteiger partial charge >= 0.3 is 6.18 Å². The Kier molecular flexibility index (Phi) is 10.8. The second-order valence-corrected chi connectivity index (χ2v) is 7.05. The summed E-state index contributed by atoms with van der Waals surface area (Å²) < 4.78 is 54.7. The van der Waals surface area contributed by atoms with Crippen LogP contribution in [0.1, 0.15) is 31.7 Å². The van der Waals surface area contributed by atoms with Crippen molar-refractivity contribution in [3.63, 3.8) is 0 Å². The topological polar surface area (TPSA) is 64.1 Å². The Hall–Kier alpha value is -2.00. The Morgan fingerprint density at radius 2 is 2.00 bits per heavy atom. The largest absolute Gasteiger partial charge is 0.492 e. The van der Waals surface area contributed by atoms with E-state index in [9.17, 15) is 13.2 Å². The lowest BCUT2D eigenvalue weighted by molar-refractivity contribution is -0.137. The number of nitrogens with one attached hydrogen (secondary N) is 2. The maximum absolute atomic E-state index is 12.7. The van der Waals surface area contributed by atoms with Gasteiger partial charge in [0.1, 0.15) is 12.4 Å². The Labute approximate surface area is 176 Å². The van der Waals surface area contributed by atoms with Crippen LogP contribution in [0.2, 0.25) is 0 Å². The van der Waals surface area contributed by atoms with Gasteiger partial charge in [0.2, 0.25) is 0 Å². The number of guanidine groups is 1. The number of halogens is 3. The molecule has 0 radical (unpaired) electrons. The summed E-state index contributed by atoms with van der Waals surface area (Å²) in [6, 6.07) is 4.87. The van der Waals surface area contributed by atoms with E-state index in [2.05, 4.69) is 15.6 Å². The smallest absolute Gasteiger partial charge is 0.416 e. The minimum Gasteiger partial charge on any atom is -0.492 e. The van der Waals surface area contributed by atoms with Crippen molar-refractivity contribution in [2.24, 2.45) is 10.9 Å². The zero-order chi connectivity index (χ0) is 21.7. The minimum atomic E-state index is -4.38. The summed E-state index contributed by atoms with van der Waals surface area (Å²) in [5.41, 5.74) is -0.720. The molecule has 30 heavy (non-hydrogen) atoms. The molecular weight excluding hydrogens is 399 g/mol. The molecular formula is C21H32F3N3O3. The first-order chi connectivity index (χ1) is 14.5. The first kappa shape index (κ1) is 24.3. The van der Waals surface area contributed by atoms with Crippen LogP contribution in [0.3, 0.4) is 0 Å². The number of alkyl halides is 3. The third kappa shape index (κ3) is 9.67. The van der Waals surface area contributed by atoms with Gasteiger partial charge in [-0.2, -0.15) is 13.2 Å². The monoisotopic (exact) mass is 431 g/mol. The highest BCUT2D eigenvalue weighted by Gasteiger charge is 2.30. The molecule has 9 heteroatoms. The molecule has 2 N–H and O–H groups in total. The van der Waals surface area contributed by atoms with Gasteiger partial charge in [-0.15, -0.1) is 0 Å². The molecule has 0 aliphatic carbocycles. The molecule has 0 amide bonds. The number of aliphatic imine (C=N–C) groups is 1. The van der Waals surface area contributed by atoms with Crippen LogP contribution in [0.4, 0.5) is 13.2 Å². The van der Waals surface area contributed by atoms with Crippen LogP contribution >= 0.6 is 0 Å². The van der Waals surface area contributed by atoms with Crippen molar-refractivity contribution in [3.05, 3.63) is 29.8 Å². The van der Waals surface area contributed by atoms with Crippen molar-refractivity contribution in [2.45, 2.75) is 32.4 Å². The lowest BCUT2D eigenvalue weighted by Crippen LogP contribution is -2.39. The lowest BCUT2D eigenvalue weighted by atomic mass is 10.0. The number of rotatable bonds is 11. The van der Waals surface area contributed by atoms with Crippen LogP contribution in [-0.2, 0) is 15.7 Å². The van der Waals surface area contributed by atoms with Gasteiger partial charge in [0, 0.05) is 39.5 Å². The lowest BCUT2D eigenvalue weighted by Gasteiger charge is -2.21. The summed E-state index contributed by atoms with van der Waals surface area (Å²) in [5.74, 6) is 1.43. The molecule has 170 valence electrons. The van der Waals surface area contributed by atoms with Gasteiger partial charge < -0.3 is 24.8 Å². The highest BCUT2D eigenvalue weighted by Crippen LogP contribution is 2.31. The van der Waals surface area contributed by atoms with Gasteiger partial charge in [-0.25, -0.2) is 0 Å². The number of hydrogen-bond acceptors (Lipinski definition) is 4. The minimum absolute atomic E-state index is 0.190. The fourth-order valence-corrected chi connectivity index (χ4v) is 2.96. The molecule has 0 spiro atoms. The third-order valence-corrected chi connectivity index (χ3v) is 4.58.